The fourth-order valence-electron chi connectivity index (χ4n) is 4.25. The molecular weight excluding hydrogens is 530 g/mol. The maximum atomic E-state index is 12.9. The molecule has 1 aromatic carbocycles. The van der Waals surface area contributed by atoms with E-state index in [1.807, 2.05) is 19.9 Å². The van der Waals surface area contributed by atoms with E-state index in [9.17, 15) is 24.3 Å². The van der Waals surface area contributed by atoms with E-state index in [4.69, 9.17) is 5.73 Å². The number of thioether (sulfide) groups is 2. The SMILES string of the molecule is CCN(CC)C(=O)Cc1nc(SCC2=C(C(=O)O)N3C(=O)C(NC(=O)C(N)c4ccccc4)[C@@H]3SC2)n[nH]1. The lowest BCUT2D eigenvalue weighted by atomic mass is 10.0. The lowest BCUT2D eigenvalue weighted by Crippen LogP contribution is -2.71. The van der Waals surface area contributed by atoms with Crippen molar-refractivity contribution in [2.45, 2.75) is 42.9 Å². The molecule has 2 unspecified atom stereocenters. The number of carbonyl (C=O) groups is 4. The van der Waals surface area contributed by atoms with E-state index in [2.05, 4.69) is 20.5 Å². The van der Waals surface area contributed by atoms with Crippen molar-refractivity contribution in [2.24, 2.45) is 5.73 Å². The minimum absolute atomic E-state index is 0.0593. The summed E-state index contributed by atoms with van der Waals surface area (Å²) in [5, 5.41) is 19.3. The zero-order chi connectivity index (χ0) is 27.4. The fourth-order valence-corrected chi connectivity index (χ4v) is 6.56. The summed E-state index contributed by atoms with van der Waals surface area (Å²) in [5.41, 5.74) is 7.12. The molecule has 1 saturated heterocycles. The Morgan fingerprint density at radius 2 is 2.00 bits per heavy atom. The molecule has 0 aliphatic carbocycles. The van der Waals surface area contributed by atoms with Gasteiger partial charge in [-0.1, -0.05) is 42.1 Å². The van der Waals surface area contributed by atoms with E-state index >= 15 is 0 Å². The standard InChI is InChI=1S/C24H29N7O5S2/c1-3-30(4-2)16(32)10-15-26-24(29-28-15)38-12-14-11-37-22-18(21(34)31(22)19(14)23(35)36)27-20(33)17(25)13-8-6-5-7-9-13/h5-9,17-18,22H,3-4,10-12,25H2,1-2H3,(H,27,33)(H,35,36)(H,26,28,29)/t17?,18?,22-/m0/s1. The number of rotatable bonds is 11. The monoisotopic (exact) mass is 559 g/mol. The van der Waals surface area contributed by atoms with Gasteiger partial charge >= 0.3 is 5.97 Å². The lowest BCUT2D eigenvalue weighted by molar-refractivity contribution is -0.150. The van der Waals surface area contributed by atoms with Gasteiger partial charge in [0.2, 0.25) is 17.0 Å². The first-order valence-corrected chi connectivity index (χ1v) is 14.1. The number of nitrogens with zero attached hydrogens (tertiary/aromatic N) is 4. The molecule has 14 heteroatoms. The van der Waals surface area contributed by atoms with Gasteiger partial charge in [0.25, 0.3) is 5.91 Å². The average molecular weight is 560 g/mol. The van der Waals surface area contributed by atoms with Crippen LogP contribution in [0.1, 0.15) is 31.3 Å². The molecular formula is C24H29N7O5S2. The van der Waals surface area contributed by atoms with Crippen molar-refractivity contribution in [2.75, 3.05) is 24.6 Å². The Morgan fingerprint density at radius 1 is 1.29 bits per heavy atom. The third-order valence-electron chi connectivity index (χ3n) is 6.31. The highest BCUT2D eigenvalue weighted by Crippen LogP contribution is 2.41. The minimum atomic E-state index is -1.22. The van der Waals surface area contributed by atoms with Gasteiger partial charge in [-0.05, 0) is 25.0 Å². The van der Waals surface area contributed by atoms with Gasteiger partial charge < -0.3 is 21.1 Å². The molecule has 0 saturated carbocycles. The molecule has 2 aromatic rings. The lowest BCUT2D eigenvalue weighted by Gasteiger charge is -2.49. The van der Waals surface area contributed by atoms with Crippen LogP contribution in [0.3, 0.4) is 0 Å². The predicted molar refractivity (Wildman–Crippen MR) is 142 cm³/mol. The third kappa shape index (κ3) is 5.71. The Labute approximate surface area is 227 Å². The zero-order valence-electron chi connectivity index (χ0n) is 20.9. The van der Waals surface area contributed by atoms with Gasteiger partial charge in [0.1, 0.15) is 29.0 Å². The second-order valence-electron chi connectivity index (χ2n) is 8.64. The van der Waals surface area contributed by atoms with Crippen molar-refractivity contribution in [3.05, 3.63) is 53.0 Å². The first-order valence-electron chi connectivity index (χ1n) is 12.1. The van der Waals surface area contributed by atoms with E-state index < -0.39 is 35.2 Å². The number of carbonyl (C=O) groups excluding carboxylic acids is 3. The molecule has 38 heavy (non-hydrogen) atoms. The van der Waals surface area contributed by atoms with Crippen LogP contribution in [0.5, 0.6) is 0 Å². The largest absolute Gasteiger partial charge is 0.477 e. The summed E-state index contributed by atoms with van der Waals surface area (Å²) in [7, 11) is 0. The highest BCUT2D eigenvalue weighted by molar-refractivity contribution is 8.01. The van der Waals surface area contributed by atoms with E-state index in [0.29, 0.717) is 41.0 Å². The van der Waals surface area contributed by atoms with E-state index in [0.717, 1.165) is 0 Å². The number of carboxylic acids is 1. The van der Waals surface area contributed by atoms with E-state index in [-0.39, 0.29) is 23.8 Å². The number of nitrogens with one attached hydrogen (secondary N) is 2. The summed E-state index contributed by atoms with van der Waals surface area (Å²) in [6, 6.07) is 7.00. The molecule has 1 aromatic heterocycles. The van der Waals surface area contributed by atoms with Crippen LogP contribution in [0.25, 0.3) is 0 Å². The normalized spacial score (nSPS) is 19.4. The number of nitrogens with two attached hydrogens (primary N) is 1. The number of β-lactam (4-membered cyclic amide) rings is 1. The molecule has 2 aliphatic heterocycles. The average Bonchev–Trinajstić information content (AvgIpc) is 3.37. The summed E-state index contributed by atoms with van der Waals surface area (Å²) >= 11 is 2.60. The number of aromatic amines is 1. The number of hydrogen-bond acceptors (Lipinski definition) is 9. The number of benzene rings is 1. The van der Waals surface area contributed by atoms with E-state index in [1.165, 1.54) is 28.4 Å². The Balaban J connectivity index is 1.39. The molecule has 12 nitrogen and oxygen atoms in total. The third-order valence-corrected chi connectivity index (χ3v) is 8.58. The van der Waals surface area contributed by atoms with Gasteiger partial charge in [0.15, 0.2) is 0 Å². The molecule has 0 spiro atoms. The Morgan fingerprint density at radius 3 is 2.66 bits per heavy atom. The van der Waals surface area contributed by atoms with Crippen molar-refractivity contribution in [3.63, 3.8) is 0 Å². The van der Waals surface area contributed by atoms with Gasteiger partial charge in [-0.15, -0.1) is 16.9 Å². The van der Waals surface area contributed by atoms with Crippen LogP contribution in [-0.2, 0) is 25.6 Å². The smallest absolute Gasteiger partial charge is 0.352 e. The van der Waals surface area contributed by atoms with Crippen LogP contribution in [0.2, 0.25) is 0 Å². The molecule has 0 bridgehead atoms. The Hall–Kier alpha value is -3.36. The zero-order valence-corrected chi connectivity index (χ0v) is 22.6. The number of amides is 3. The molecule has 3 amide bonds. The van der Waals surface area contributed by atoms with Gasteiger partial charge in [0.05, 0.1) is 6.42 Å². The molecule has 3 heterocycles. The van der Waals surface area contributed by atoms with Crippen molar-refractivity contribution in [1.82, 2.24) is 30.3 Å². The predicted octanol–water partition coefficient (Wildman–Crippen LogP) is 0.746. The van der Waals surface area contributed by atoms with Crippen LogP contribution >= 0.6 is 23.5 Å². The Bertz CT molecular complexity index is 1250. The summed E-state index contributed by atoms with van der Waals surface area (Å²) in [6.45, 7) is 5.02. The van der Waals surface area contributed by atoms with Gasteiger partial charge in [-0.2, -0.15) is 0 Å². The van der Waals surface area contributed by atoms with Crippen LogP contribution in [0.15, 0.2) is 46.8 Å². The second-order valence-corrected chi connectivity index (χ2v) is 10.7. The van der Waals surface area contributed by atoms with Gasteiger partial charge in [-0.25, -0.2) is 9.78 Å². The summed E-state index contributed by atoms with van der Waals surface area (Å²) in [6.07, 6.45) is 0.0964. The fraction of sp³-hybridized carbons (Fsp3) is 0.417. The van der Waals surface area contributed by atoms with Crippen molar-refractivity contribution in [1.29, 1.82) is 0 Å². The van der Waals surface area contributed by atoms with Crippen LogP contribution in [-0.4, -0.2) is 89.8 Å². The summed E-state index contributed by atoms with van der Waals surface area (Å²) in [5.74, 6) is -1.23. The number of aromatic nitrogens is 3. The second kappa shape index (κ2) is 12.0. The minimum Gasteiger partial charge on any atom is -0.477 e. The number of hydrogen-bond donors (Lipinski definition) is 4. The van der Waals surface area contributed by atoms with Crippen molar-refractivity contribution in [3.8, 4) is 0 Å². The van der Waals surface area contributed by atoms with Crippen molar-refractivity contribution < 1.29 is 24.3 Å². The maximum Gasteiger partial charge on any atom is 0.352 e. The highest BCUT2D eigenvalue weighted by atomic mass is 32.2. The molecule has 5 N–H and O–H groups in total. The number of carboxylic acid groups (broad SMARTS) is 1. The van der Waals surface area contributed by atoms with Crippen LogP contribution < -0.4 is 11.1 Å². The first kappa shape index (κ1) is 27.7. The van der Waals surface area contributed by atoms with Gasteiger partial charge in [-0.3, -0.25) is 24.4 Å². The molecule has 4 rings (SSSR count). The first-order chi connectivity index (χ1) is 18.2. The molecule has 1 fully saturated rings. The topological polar surface area (TPSA) is 175 Å². The number of aliphatic carboxylic acids is 1. The number of likely N-dealkylation sites (N-methyl/N-ethyl adjacent to an activating group) is 1. The van der Waals surface area contributed by atoms with Crippen LogP contribution in [0, 0.1) is 0 Å². The number of fused-ring (bicyclic) bond motifs is 1. The van der Waals surface area contributed by atoms with Crippen molar-refractivity contribution >= 4 is 47.2 Å². The van der Waals surface area contributed by atoms with Gasteiger partial charge in [0, 0.05) is 24.6 Å². The van der Waals surface area contributed by atoms with Crippen LogP contribution in [0.4, 0.5) is 0 Å². The highest BCUT2D eigenvalue weighted by Gasteiger charge is 2.54. The maximum absolute atomic E-state index is 12.9. The molecule has 202 valence electrons. The Kier molecular flexibility index (Phi) is 8.74. The summed E-state index contributed by atoms with van der Waals surface area (Å²) < 4.78 is 0. The molecule has 3 atom stereocenters. The number of H-pyrrole nitrogens is 1. The molecule has 0 radical (unpaired) electrons. The van der Waals surface area contributed by atoms with E-state index in [1.54, 1.807) is 29.2 Å². The quantitative estimate of drug-likeness (QED) is 0.227. The molecule has 2 aliphatic rings. The summed E-state index contributed by atoms with van der Waals surface area (Å²) in [4.78, 5) is 57.3.